The molecule has 1 heterocycles. The van der Waals surface area contributed by atoms with Crippen LogP contribution in [-0.2, 0) is 4.79 Å². The first-order chi connectivity index (χ1) is 15.8. The molecule has 0 aliphatic heterocycles. The van der Waals surface area contributed by atoms with Gasteiger partial charge in [-0.3, -0.25) is 14.7 Å². The summed E-state index contributed by atoms with van der Waals surface area (Å²) in [6, 6.07) is 9.31. The van der Waals surface area contributed by atoms with E-state index in [1.807, 2.05) is 39.0 Å². The highest BCUT2D eigenvalue weighted by molar-refractivity contribution is 5.88. The maximum Gasteiger partial charge on any atom is 0.279 e. The average Bonchev–Trinajstić information content (AvgIpc) is 3.30. The molecular formula is C24H33F2N5O2. The molecule has 0 radical (unpaired) electrons. The van der Waals surface area contributed by atoms with Gasteiger partial charge < -0.3 is 16.5 Å². The maximum absolute atomic E-state index is 12.3. The smallest absolute Gasteiger partial charge is 0.279 e. The largest absolute Gasteiger partial charge is 0.396 e. The Morgan fingerprint density at radius 2 is 1.82 bits per heavy atom. The van der Waals surface area contributed by atoms with Crippen LogP contribution < -0.4 is 11.1 Å². The minimum Gasteiger partial charge on any atom is -0.396 e. The van der Waals surface area contributed by atoms with Gasteiger partial charge in [-0.1, -0.05) is 57.4 Å². The number of nitrogens with one attached hydrogen (secondary N) is 3. The van der Waals surface area contributed by atoms with Gasteiger partial charge in [0.2, 0.25) is 5.91 Å². The first-order valence-corrected chi connectivity index (χ1v) is 11.0. The number of aryl methyl sites for hydroxylation is 1. The second-order valence-corrected chi connectivity index (χ2v) is 7.31. The van der Waals surface area contributed by atoms with Crippen LogP contribution in [0, 0.1) is 18.3 Å². The number of carbonyl (C=O) groups is 2. The van der Waals surface area contributed by atoms with Crippen molar-refractivity contribution >= 4 is 18.4 Å². The molecule has 0 atom stereocenters. The second-order valence-electron chi connectivity index (χ2n) is 7.31. The standard InChI is InChI=1S/C11H17F2N3O.C11H10N2O.C2H6/c12-10(13)9(15)8(6-14)16-11(17)7-4-2-1-3-5-7;1-8-6-11(13-12-8)10-4-2-9(7-14)3-5-10;1-2/h6-7,10,14H,1-5,15H2,(H,16,17);2-7H,1H3,(H,12,13);1-2H3/b9-8+,14-6?;;. The normalized spacial score (nSPS) is 14.1. The van der Waals surface area contributed by atoms with E-state index >= 15 is 0 Å². The zero-order valence-corrected chi connectivity index (χ0v) is 19.3. The number of halogens is 2. The minimum atomic E-state index is -2.86. The highest BCUT2D eigenvalue weighted by atomic mass is 19.3. The number of hydrogen-bond donors (Lipinski definition) is 4. The van der Waals surface area contributed by atoms with Crippen molar-refractivity contribution in [2.45, 2.75) is 59.3 Å². The number of aromatic amines is 1. The van der Waals surface area contributed by atoms with Crippen molar-refractivity contribution in [2.75, 3.05) is 0 Å². The lowest BCUT2D eigenvalue weighted by Crippen LogP contribution is -2.34. The number of carbonyl (C=O) groups excluding carboxylic acids is 2. The molecule has 1 aromatic carbocycles. The Labute approximate surface area is 193 Å². The molecule has 1 fully saturated rings. The SMILES string of the molecule is CC.Cc1cc(-c2ccc(C=O)cc2)n[nH]1.N=C/C(NC(=O)C1CCCCC1)=C(\N)C(F)F. The zero-order valence-electron chi connectivity index (χ0n) is 19.3. The molecule has 1 aromatic heterocycles. The summed E-state index contributed by atoms with van der Waals surface area (Å²) in [6.07, 6.45) is 3.23. The van der Waals surface area contributed by atoms with Gasteiger partial charge in [0, 0.05) is 29.0 Å². The summed E-state index contributed by atoms with van der Waals surface area (Å²) in [5, 5.41) is 16.3. The molecule has 33 heavy (non-hydrogen) atoms. The van der Waals surface area contributed by atoms with Crippen molar-refractivity contribution in [3.63, 3.8) is 0 Å². The van der Waals surface area contributed by atoms with Crippen molar-refractivity contribution < 1.29 is 18.4 Å². The van der Waals surface area contributed by atoms with Crippen LogP contribution in [0.15, 0.2) is 41.7 Å². The Bertz CT molecular complexity index is 917. The number of allylic oxidation sites excluding steroid dienone is 2. The predicted octanol–water partition coefficient (Wildman–Crippen LogP) is 4.99. The van der Waals surface area contributed by atoms with Crippen LogP contribution in [0.4, 0.5) is 8.78 Å². The van der Waals surface area contributed by atoms with Crippen LogP contribution in [-0.4, -0.2) is 35.0 Å². The van der Waals surface area contributed by atoms with Crippen LogP contribution >= 0.6 is 0 Å². The van der Waals surface area contributed by atoms with Gasteiger partial charge in [0.25, 0.3) is 6.43 Å². The topological polar surface area (TPSA) is 125 Å². The number of nitrogens with two attached hydrogens (primary N) is 1. The van der Waals surface area contributed by atoms with E-state index in [9.17, 15) is 18.4 Å². The molecule has 0 saturated heterocycles. The van der Waals surface area contributed by atoms with Gasteiger partial charge in [0.1, 0.15) is 12.0 Å². The second kappa shape index (κ2) is 14.7. The van der Waals surface area contributed by atoms with E-state index in [1.54, 1.807) is 12.1 Å². The first-order valence-electron chi connectivity index (χ1n) is 11.0. The molecule has 9 heteroatoms. The van der Waals surface area contributed by atoms with Crippen molar-refractivity contribution in [3.05, 3.63) is 53.0 Å². The molecule has 1 aliphatic carbocycles. The van der Waals surface area contributed by atoms with Gasteiger partial charge in [-0.05, 0) is 25.8 Å². The van der Waals surface area contributed by atoms with Crippen LogP contribution in [0.5, 0.6) is 0 Å². The van der Waals surface area contributed by atoms with Crippen molar-refractivity contribution in [1.29, 1.82) is 5.41 Å². The van der Waals surface area contributed by atoms with Crippen molar-refractivity contribution in [3.8, 4) is 11.3 Å². The first kappa shape index (κ1) is 27.7. The number of nitrogens with zero attached hydrogens (tertiary/aromatic N) is 1. The summed E-state index contributed by atoms with van der Waals surface area (Å²) in [5.74, 6) is -0.462. The number of aromatic nitrogens is 2. The zero-order chi connectivity index (χ0) is 24.8. The fourth-order valence-electron chi connectivity index (χ4n) is 3.21. The van der Waals surface area contributed by atoms with Gasteiger partial charge in [-0.2, -0.15) is 5.10 Å². The average molecular weight is 462 g/mol. The van der Waals surface area contributed by atoms with Crippen LogP contribution in [0.1, 0.15) is 62.0 Å². The lowest BCUT2D eigenvalue weighted by molar-refractivity contribution is -0.125. The highest BCUT2D eigenvalue weighted by Crippen LogP contribution is 2.24. The van der Waals surface area contributed by atoms with Crippen LogP contribution in [0.3, 0.4) is 0 Å². The number of alkyl halides is 2. The molecule has 0 bridgehead atoms. The lowest BCUT2D eigenvalue weighted by atomic mass is 9.88. The Balaban J connectivity index is 0.000000311. The maximum atomic E-state index is 12.3. The van der Waals surface area contributed by atoms with Gasteiger partial charge >= 0.3 is 0 Å². The lowest BCUT2D eigenvalue weighted by Gasteiger charge is -2.21. The van der Waals surface area contributed by atoms with Crippen LogP contribution in [0.2, 0.25) is 0 Å². The summed E-state index contributed by atoms with van der Waals surface area (Å²) < 4.78 is 24.6. The Morgan fingerprint density at radius 1 is 1.21 bits per heavy atom. The molecule has 5 N–H and O–H groups in total. The molecule has 1 amide bonds. The molecular weight excluding hydrogens is 428 g/mol. The summed E-state index contributed by atoms with van der Waals surface area (Å²) in [5.41, 5.74) is 7.68. The van der Waals surface area contributed by atoms with Gasteiger partial charge in [-0.25, -0.2) is 8.78 Å². The van der Waals surface area contributed by atoms with E-state index in [4.69, 9.17) is 11.1 Å². The third-order valence-electron chi connectivity index (χ3n) is 4.97. The fourth-order valence-corrected chi connectivity index (χ4v) is 3.21. The van der Waals surface area contributed by atoms with Crippen molar-refractivity contribution in [2.24, 2.45) is 11.7 Å². The van der Waals surface area contributed by atoms with E-state index in [1.165, 1.54) is 0 Å². The van der Waals surface area contributed by atoms with E-state index in [0.29, 0.717) is 11.8 Å². The summed E-state index contributed by atoms with van der Waals surface area (Å²) >= 11 is 0. The van der Waals surface area contributed by atoms with Crippen molar-refractivity contribution in [1.82, 2.24) is 15.5 Å². The molecule has 3 rings (SSSR count). The number of amides is 1. The number of aldehydes is 1. The molecule has 180 valence electrons. The van der Waals surface area contributed by atoms with E-state index in [2.05, 4.69) is 15.5 Å². The fraction of sp³-hybridized carbons (Fsp3) is 0.417. The van der Waals surface area contributed by atoms with E-state index < -0.39 is 12.1 Å². The van der Waals surface area contributed by atoms with E-state index in [0.717, 1.165) is 55.3 Å². The Morgan fingerprint density at radius 3 is 2.27 bits per heavy atom. The number of rotatable bonds is 6. The molecule has 7 nitrogen and oxygen atoms in total. The summed E-state index contributed by atoms with van der Waals surface area (Å²) in [6.45, 7) is 5.95. The summed E-state index contributed by atoms with van der Waals surface area (Å²) in [4.78, 5) is 22.2. The van der Waals surface area contributed by atoms with Gasteiger partial charge in [0.05, 0.1) is 11.4 Å². The van der Waals surface area contributed by atoms with Crippen LogP contribution in [0.25, 0.3) is 11.3 Å². The Kier molecular flexibility index (Phi) is 12.3. The molecule has 2 aromatic rings. The van der Waals surface area contributed by atoms with E-state index in [-0.39, 0.29) is 17.5 Å². The quantitative estimate of drug-likeness (QED) is 0.357. The molecule has 1 saturated carbocycles. The molecule has 0 unspecified atom stereocenters. The number of H-pyrrole nitrogens is 1. The molecule has 1 aliphatic rings. The third kappa shape index (κ3) is 8.96. The van der Waals surface area contributed by atoms with Gasteiger partial charge in [0.15, 0.2) is 0 Å². The number of hydrogen-bond acceptors (Lipinski definition) is 5. The van der Waals surface area contributed by atoms with Gasteiger partial charge in [-0.15, -0.1) is 0 Å². The Hall–Kier alpha value is -3.36. The minimum absolute atomic E-state index is 0.149. The third-order valence-corrected chi connectivity index (χ3v) is 4.97. The predicted molar refractivity (Wildman–Crippen MR) is 126 cm³/mol. The number of benzene rings is 1. The summed E-state index contributed by atoms with van der Waals surface area (Å²) in [7, 11) is 0. The molecule has 0 spiro atoms. The highest BCUT2D eigenvalue weighted by Gasteiger charge is 2.23. The monoisotopic (exact) mass is 461 g/mol.